The Morgan fingerprint density at radius 2 is 1.89 bits per heavy atom. The molecule has 1 aromatic carbocycles. The normalized spacial score (nSPS) is 10.8. The molecule has 1 heterocycles. The van der Waals surface area contributed by atoms with Crippen molar-refractivity contribution in [2.45, 2.75) is 20.3 Å². The zero-order valence-electron chi connectivity index (χ0n) is 11.6. The third-order valence-corrected chi connectivity index (χ3v) is 3.35. The molecule has 0 saturated heterocycles. The second kappa shape index (κ2) is 6.07. The lowest BCUT2D eigenvalue weighted by molar-refractivity contribution is 0.635. The van der Waals surface area contributed by atoms with Crippen LogP contribution in [0.3, 0.4) is 0 Å². The SMILES string of the molecule is CC(C)Cc1ccc(N(C)c2ccccc2Cl)cn1. The summed E-state index contributed by atoms with van der Waals surface area (Å²) in [4.78, 5) is 6.56. The molecule has 0 fully saturated rings. The number of para-hydroxylation sites is 1. The number of aromatic nitrogens is 1. The van der Waals surface area contributed by atoms with Gasteiger partial charge in [-0.05, 0) is 36.6 Å². The van der Waals surface area contributed by atoms with E-state index in [0.29, 0.717) is 5.92 Å². The Morgan fingerprint density at radius 1 is 1.16 bits per heavy atom. The second-order valence-corrected chi connectivity index (χ2v) is 5.52. The van der Waals surface area contributed by atoms with Crippen LogP contribution in [0.15, 0.2) is 42.6 Å². The molecule has 0 radical (unpaired) electrons. The number of pyridine rings is 1. The van der Waals surface area contributed by atoms with Crippen molar-refractivity contribution in [3.05, 3.63) is 53.3 Å². The van der Waals surface area contributed by atoms with Crippen LogP contribution in [0.25, 0.3) is 0 Å². The second-order valence-electron chi connectivity index (χ2n) is 5.12. The molecule has 0 aliphatic heterocycles. The molecule has 0 saturated carbocycles. The van der Waals surface area contributed by atoms with Gasteiger partial charge in [-0.1, -0.05) is 37.6 Å². The van der Waals surface area contributed by atoms with Crippen LogP contribution in [-0.4, -0.2) is 12.0 Å². The molecular weight excluding hydrogens is 256 g/mol. The zero-order chi connectivity index (χ0) is 13.8. The van der Waals surface area contributed by atoms with Crippen molar-refractivity contribution < 1.29 is 0 Å². The minimum atomic E-state index is 0.625. The highest BCUT2D eigenvalue weighted by atomic mass is 35.5. The van der Waals surface area contributed by atoms with Crippen LogP contribution in [-0.2, 0) is 6.42 Å². The molecule has 0 aliphatic rings. The van der Waals surface area contributed by atoms with Crippen molar-refractivity contribution in [3.63, 3.8) is 0 Å². The number of halogens is 1. The van der Waals surface area contributed by atoms with Crippen LogP contribution in [0.1, 0.15) is 19.5 Å². The first kappa shape index (κ1) is 13.9. The summed E-state index contributed by atoms with van der Waals surface area (Å²) >= 11 is 6.21. The van der Waals surface area contributed by atoms with Crippen molar-refractivity contribution in [2.24, 2.45) is 5.92 Å². The summed E-state index contributed by atoms with van der Waals surface area (Å²) in [7, 11) is 2.00. The van der Waals surface area contributed by atoms with Gasteiger partial charge in [0.1, 0.15) is 0 Å². The summed E-state index contributed by atoms with van der Waals surface area (Å²) in [5, 5.41) is 0.747. The van der Waals surface area contributed by atoms with Gasteiger partial charge in [0.15, 0.2) is 0 Å². The molecule has 0 bridgehead atoms. The zero-order valence-corrected chi connectivity index (χ0v) is 12.4. The molecule has 2 aromatic rings. The van der Waals surface area contributed by atoms with E-state index in [1.165, 1.54) is 0 Å². The summed E-state index contributed by atoms with van der Waals surface area (Å²) in [6.07, 6.45) is 2.91. The molecule has 0 atom stereocenters. The van der Waals surface area contributed by atoms with Gasteiger partial charge >= 0.3 is 0 Å². The molecule has 100 valence electrons. The molecule has 2 rings (SSSR count). The minimum absolute atomic E-state index is 0.625. The van der Waals surface area contributed by atoms with E-state index in [2.05, 4.69) is 35.9 Å². The maximum absolute atomic E-state index is 6.21. The van der Waals surface area contributed by atoms with Gasteiger partial charge in [-0.15, -0.1) is 0 Å². The van der Waals surface area contributed by atoms with Gasteiger partial charge < -0.3 is 4.90 Å². The van der Waals surface area contributed by atoms with E-state index in [9.17, 15) is 0 Å². The van der Waals surface area contributed by atoms with E-state index >= 15 is 0 Å². The van der Waals surface area contributed by atoms with Crippen LogP contribution < -0.4 is 4.90 Å². The lowest BCUT2D eigenvalue weighted by Crippen LogP contribution is -2.10. The third kappa shape index (κ3) is 3.48. The van der Waals surface area contributed by atoms with Gasteiger partial charge in [0.25, 0.3) is 0 Å². The molecule has 3 heteroatoms. The lowest BCUT2D eigenvalue weighted by Gasteiger charge is -2.20. The van der Waals surface area contributed by atoms with E-state index in [1.54, 1.807) is 0 Å². The molecular formula is C16H19ClN2. The van der Waals surface area contributed by atoms with Gasteiger partial charge in [0.05, 0.1) is 22.6 Å². The smallest absolute Gasteiger partial charge is 0.0642 e. The van der Waals surface area contributed by atoms with Crippen LogP contribution in [0, 0.1) is 5.92 Å². The predicted molar refractivity (Wildman–Crippen MR) is 82.3 cm³/mol. The fourth-order valence-corrected chi connectivity index (χ4v) is 2.28. The molecule has 1 aromatic heterocycles. The van der Waals surface area contributed by atoms with Gasteiger partial charge in [-0.25, -0.2) is 0 Å². The number of benzene rings is 1. The van der Waals surface area contributed by atoms with Crippen LogP contribution in [0.4, 0.5) is 11.4 Å². The molecule has 0 unspecified atom stereocenters. The number of hydrogen-bond acceptors (Lipinski definition) is 2. The molecule has 0 aliphatic carbocycles. The van der Waals surface area contributed by atoms with Gasteiger partial charge in [0, 0.05) is 12.7 Å². The van der Waals surface area contributed by atoms with E-state index in [1.807, 2.05) is 37.5 Å². The molecule has 19 heavy (non-hydrogen) atoms. The van der Waals surface area contributed by atoms with Crippen molar-refractivity contribution in [3.8, 4) is 0 Å². The number of hydrogen-bond donors (Lipinski definition) is 0. The third-order valence-electron chi connectivity index (χ3n) is 3.03. The summed E-state index contributed by atoms with van der Waals surface area (Å²) < 4.78 is 0. The fourth-order valence-electron chi connectivity index (χ4n) is 2.02. The topological polar surface area (TPSA) is 16.1 Å². The van der Waals surface area contributed by atoms with Crippen molar-refractivity contribution in [1.29, 1.82) is 0 Å². The van der Waals surface area contributed by atoms with E-state index in [-0.39, 0.29) is 0 Å². The van der Waals surface area contributed by atoms with E-state index in [4.69, 9.17) is 11.6 Å². The van der Waals surface area contributed by atoms with Gasteiger partial charge in [-0.2, -0.15) is 0 Å². The summed E-state index contributed by atoms with van der Waals surface area (Å²) in [5.74, 6) is 0.625. The highest BCUT2D eigenvalue weighted by Crippen LogP contribution is 2.29. The lowest BCUT2D eigenvalue weighted by atomic mass is 10.1. The number of anilines is 2. The molecule has 0 spiro atoms. The average Bonchev–Trinajstić information content (AvgIpc) is 2.39. The Balaban J connectivity index is 2.20. The number of nitrogens with zero attached hydrogens (tertiary/aromatic N) is 2. The quantitative estimate of drug-likeness (QED) is 0.803. The van der Waals surface area contributed by atoms with E-state index in [0.717, 1.165) is 28.5 Å². The first-order valence-electron chi connectivity index (χ1n) is 6.51. The summed E-state index contributed by atoms with van der Waals surface area (Å²) in [6, 6.07) is 12.0. The van der Waals surface area contributed by atoms with Gasteiger partial charge in [-0.3, -0.25) is 4.98 Å². The maximum atomic E-state index is 6.21. The highest BCUT2D eigenvalue weighted by molar-refractivity contribution is 6.33. The number of rotatable bonds is 4. The fraction of sp³-hybridized carbons (Fsp3) is 0.312. The van der Waals surface area contributed by atoms with Crippen LogP contribution >= 0.6 is 11.6 Å². The van der Waals surface area contributed by atoms with E-state index < -0.39 is 0 Å². The van der Waals surface area contributed by atoms with Crippen LogP contribution in [0.2, 0.25) is 5.02 Å². The van der Waals surface area contributed by atoms with Gasteiger partial charge in [0.2, 0.25) is 0 Å². The standard InChI is InChI=1S/C16H19ClN2/c1-12(2)10-13-8-9-14(11-18-13)19(3)16-7-5-4-6-15(16)17/h4-9,11-12H,10H2,1-3H3. The van der Waals surface area contributed by atoms with Crippen molar-refractivity contribution >= 4 is 23.0 Å². The van der Waals surface area contributed by atoms with Crippen molar-refractivity contribution in [2.75, 3.05) is 11.9 Å². The highest BCUT2D eigenvalue weighted by Gasteiger charge is 2.08. The Kier molecular flexibility index (Phi) is 4.43. The molecule has 0 N–H and O–H groups in total. The Morgan fingerprint density at radius 3 is 2.47 bits per heavy atom. The predicted octanol–water partition coefficient (Wildman–Crippen LogP) is 4.70. The van der Waals surface area contributed by atoms with Crippen molar-refractivity contribution in [1.82, 2.24) is 4.98 Å². The molecule has 2 nitrogen and oxygen atoms in total. The minimum Gasteiger partial charge on any atom is -0.342 e. The Bertz CT molecular complexity index is 535. The first-order valence-corrected chi connectivity index (χ1v) is 6.89. The molecule has 0 amide bonds. The summed E-state index contributed by atoms with van der Waals surface area (Å²) in [5.41, 5.74) is 3.16. The first-order chi connectivity index (χ1) is 9.08. The Hall–Kier alpha value is -1.54. The maximum Gasteiger partial charge on any atom is 0.0642 e. The average molecular weight is 275 g/mol. The largest absolute Gasteiger partial charge is 0.342 e. The monoisotopic (exact) mass is 274 g/mol. The summed E-state index contributed by atoms with van der Waals surface area (Å²) in [6.45, 7) is 4.40. The Labute approximate surface area is 120 Å². The van der Waals surface area contributed by atoms with Crippen LogP contribution in [0.5, 0.6) is 0 Å².